The molecule has 0 unspecified atom stereocenters. The number of ether oxygens (including phenoxy) is 1. The van der Waals surface area contributed by atoms with E-state index in [0.29, 0.717) is 5.75 Å². The topological polar surface area (TPSA) is 48.1 Å². The number of nitrogens with two attached hydrogens (primary N) is 1. The van der Waals surface area contributed by atoms with Crippen molar-refractivity contribution in [3.63, 3.8) is 0 Å². The largest absolute Gasteiger partial charge is 0.487 e. The van der Waals surface area contributed by atoms with E-state index in [0.717, 1.165) is 49.3 Å². The fourth-order valence-electron chi connectivity index (χ4n) is 4.06. The van der Waals surface area contributed by atoms with Gasteiger partial charge in [-0.25, -0.2) is 4.39 Å². The number of nitrogens with zero attached hydrogens (tertiary/aromatic N) is 1. The number of pyridine rings is 1. The van der Waals surface area contributed by atoms with Crippen LogP contribution < -0.4 is 10.5 Å². The minimum absolute atomic E-state index is 0.0718. The van der Waals surface area contributed by atoms with Crippen LogP contribution in [0.1, 0.15) is 52.4 Å². The van der Waals surface area contributed by atoms with Gasteiger partial charge in [0.25, 0.3) is 0 Å². The van der Waals surface area contributed by atoms with Crippen LogP contribution in [0.5, 0.6) is 5.75 Å². The molecule has 0 radical (unpaired) electrons. The highest BCUT2D eigenvalue weighted by Crippen LogP contribution is 2.43. The maximum absolute atomic E-state index is 14.3. The van der Waals surface area contributed by atoms with Crippen LogP contribution in [0.4, 0.5) is 4.39 Å². The average molecular weight is 330 g/mol. The van der Waals surface area contributed by atoms with E-state index in [1.807, 2.05) is 6.07 Å². The molecule has 1 aromatic heterocycles. The summed E-state index contributed by atoms with van der Waals surface area (Å²) < 4.78 is 20.3. The molecule has 130 valence electrons. The molecule has 4 heteroatoms. The number of halogens is 1. The number of benzene rings is 1. The lowest BCUT2D eigenvalue weighted by atomic mass is 9.66. The zero-order chi connectivity index (χ0) is 17.2. The standard InChI is InChI=1S/C20H27FN2O/c1-3-19(22)20(4-2)8-5-16(6-9-20)24-18-12-14-7-10-23-13-15(14)11-17(18)21/h7,10-13,16,19H,3-6,8-9,22H2,1-2H3/t16?,19-,20?/m0/s1. The number of fused-ring (bicyclic) bond motifs is 1. The number of hydrogen-bond acceptors (Lipinski definition) is 3. The summed E-state index contributed by atoms with van der Waals surface area (Å²) in [6, 6.07) is 5.41. The molecule has 1 atom stereocenters. The van der Waals surface area contributed by atoms with Gasteiger partial charge in [0.2, 0.25) is 0 Å². The predicted molar refractivity (Wildman–Crippen MR) is 95.6 cm³/mol. The van der Waals surface area contributed by atoms with Gasteiger partial charge in [0.05, 0.1) is 6.10 Å². The molecule has 1 aliphatic carbocycles. The van der Waals surface area contributed by atoms with E-state index in [1.54, 1.807) is 18.5 Å². The third kappa shape index (κ3) is 3.25. The average Bonchev–Trinajstić information content (AvgIpc) is 2.62. The highest BCUT2D eigenvalue weighted by molar-refractivity contribution is 5.83. The first-order valence-corrected chi connectivity index (χ1v) is 9.03. The Morgan fingerprint density at radius 2 is 2.04 bits per heavy atom. The summed E-state index contributed by atoms with van der Waals surface area (Å²) in [5, 5.41) is 1.75. The van der Waals surface area contributed by atoms with Crippen molar-refractivity contribution in [1.29, 1.82) is 0 Å². The van der Waals surface area contributed by atoms with Gasteiger partial charge in [-0.1, -0.05) is 13.8 Å². The number of aromatic nitrogens is 1. The van der Waals surface area contributed by atoms with Crippen LogP contribution in [0, 0.1) is 11.2 Å². The fraction of sp³-hybridized carbons (Fsp3) is 0.550. The molecule has 0 aliphatic heterocycles. The Bertz CT molecular complexity index is 695. The first-order chi connectivity index (χ1) is 11.6. The highest BCUT2D eigenvalue weighted by Gasteiger charge is 2.38. The summed E-state index contributed by atoms with van der Waals surface area (Å²) >= 11 is 0. The summed E-state index contributed by atoms with van der Waals surface area (Å²) in [7, 11) is 0. The van der Waals surface area contributed by atoms with E-state index >= 15 is 0 Å². The normalized spacial score (nSPS) is 25.6. The first-order valence-electron chi connectivity index (χ1n) is 9.03. The molecule has 1 fully saturated rings. The third-order valence-corrected chi connectivity index (χ3v) is 5.84. The van der Waals surface area contributed by atoms with E-state index in [4.69, 9.17) is 10.5 Å². The second-order valence-corrected chi connectivity index (χ2v) is 7.05. The first kappa shape index (κ1) is 17.2. The zero-order valence-electron chi connectivity index (χ0n) is 14.6. The Balaban J connectivity index is 1.71. The van der Waals surface area contributed by atoms with Crippen LogP contribution in [0.3, 0.4) is 0 Å². The Morgan fingerprint density at radius 3 is 2.71 bits per heavy atom. The summed E-state index contributed by atoms with van der Waals surface area (Å²) in [5.41, 5.74) is 6.60. The molecule has 1 saturated carbocycles. The van der Waals surface area contributed by atoms with Gasteiger partial charge in [-0.05, 0) is 67.5 Å². The molecule has 0 bridgehead atoms. The second-order valence-electron chi connectivity index (χ2n) is 7.05. The molecular formula is C20H27FN2O. The van der Waals surface area contributed by atoms with Crippen LogP contribution in [-0.4, -0.2) is 17.1 Å². The molecule has 1 heterocycles. The summed E-state index contributed by atoms with van der Waals surface area (Å²) in [5.74, 6) is 0.0376. The monoisotopic (exact) mass is 330 g/mol. The zero-order valence-corrected chi connectivity index (χ0v) is 14.6. The fourth-order valence-corrected chi connectivity index (χ4v) is 4.06. The second kappa shape index (κ2) is 7.06. The molecule has 3 rings (SSSR count). The predicted octanol–water partition coefficient (Wildman–Crippen LogP) is 4.83. The maximum atomic E-state index is 14.3. The van der Waals surface area contributed by atoms with Crippen LogP contribution in [0.15, 0.2) is 30.6 Å². The summed E-state index contributed by atoms with van der Waals surface area (Å²) in [4.78, 5) is 4.03. The van der Waals surface area contributed by atoms with E-state index in [2.05, 4.69) is 18.8 Å². The van der Waals surface area contributed by atoms with E-state index in [1.165, 1.54) is 6.07 Å². The summed E-state index contributed by atoms with van der Waals surface area (Å²) in [6.45, 7) is 4.39. The molecular weight excluding hydrogens is 303 g/mol. The van der Waals surface area contributed by atoms with Crippen molar-refractivity contribution in [3.05, 3.63) is 36.4 Å². The third-order valence-electron chi connectivity index (χ3n) is 5.84. The van der Waals surface area contributed by atoms with Gasteiger partial charge in [-0.3, -0.25) is 4.98 Å². The molecule has 0 saturated heterocycles. The molecule has 3 nitrogen and oxygen atoms in total. The minimum Gasteiger partial charge on any atom is -0.487 e. The number of hydrogen-bond donors (Lipinski definition) is 1. The lowest BCUT2D eigenvalue weighted by molar-refractivity contribution is 0.0549. The van der Waals surface area contributed by atoms with E-state index in [-0.39, 0.29) is 23.4 Å². The van der Waals surface area contributed by atoms with Crippen molar-refractivity contribution in [2.24, 2.45) is 11.1 Å². The van der Waals surface area contributed by atoms with Crippen LogP contribution in [0.2, 0.25) is 0 Å². The molecule has 1 aromatic carbocycles. The molecule has 2 aromatic rings. The Labute approximate surface area is 143 Å². The molecule has 24 heavy (non-hydrogen) atoms. The van der Waals surface area contributed by atoms with Crippen molar-refractivity contribution in [1.82, 2.24) is 4.98 Å². The molecule has 2 N–H and O–H groups in total. The van der Waals surface area contributed by atoms with Crippen molar-refractivity contribution in [2.45, 2.75) is 64.5 Å². The Kier molecular flexibility index (Phi) is 5.04. The highest BCUT2D eigenvalue weighted by atomic mass is 19.1. The SMILES string of the molecule is CC[C@H](N)C1(CC)CCC(Oc2cc3ccncc3cc2F)CC1. The molecule has 0 spiro atoms. The Morgan fingerprint density at radius 1 is 1.29 bits per heavy atom. The lowest BCUT2D eigenvalue weighted by Crippen LogP contribution is -2.45. The van der Waals surface area contributed by atoms with Crippen molar-refractivity contribution >= 4 is 10.8 Å². The van der Waals surface area contributed by atoms with E-state index in [9.17, 15) is 4.39 Å². The van der Waals surface area contributed by atoms with Gasteiger partial charge in [0, 0.05) is 23.8 Å². The Hall–Kier alpha value is -1.68. The van der Waals surface area contributed by atoms with Gasteiger partial charge in [0.1, 0.15) is 0 Å². The van der Waals surface area contributed by atoms with Crippen LogP contribution >= 0.6 is 0 Å². The van der Waals surface area contributed by atoms with Gasteiger partial charge >= 0.3 is 0 Å². The van der Waals surface area contributed by atoms with E-state index < -0.39 is 0 Å². The summed E-state index contributed by atoms with van der Waals surface area (Å²) in [6.07, 6.45) is 9.56. The van der Waals surface area contributed by atoms with Crippen molar-refractivity contribution in [3.8, 4) is 5.75 Å². The molecule has 0 amide bonds. The smallest absolute Gasteiger partial charge is 0.165 e. The molecule has 1 aliphatic rings. The van der Waals surface area contributed by atoms with Gasteiger partial charge in [0.15, 0.2) is 11.6 Å². The van der Waals surface area contributed by atoms with Crippen molar-refractivity contribution in [2.75, 3.05) is 0 Å². The quantitative estimate of drug-likeness (QED) is 0.854. The van der Waals surface area contributed by atoms with Gasteiger partial charge in [-0.15, -0.1) is 0 Å². The van der Waals surface area contributed by atoms with Gasteiger partial charge in [-0.2, -0.15) is 0 Å². The van der Waals surface area contributed by atoms with Crippen LogP contribution in [-0.2, 0) is 0 Å². The lowest BCUT2D eigenvalue weighted by Gasteiger charge is -2.43. The van der Waals surface area contributed by atoms with Crippen molar-refractivity contribution < 1.29 is 9.13 Å². The maximum Gasteiger partial charge on any atom is 0.165 e. The van der Waals surface area contributed by atoms with Crippen LogP contribution in [0.25, 0.3) is 10.8 Å². The van der Waals surface area contributed by atoms with Gasteiger partial charge < -0.3 is 10.5 Å². The minimum atomic E-state index is -0.312. The number of rotatable bonds is 5.